The van der Waals surface area contributed by atoms with E-state index in [-0.39, 0.29) is 12.2 Å². The van der Waals surface area contributed by atoms with E-state index in [4.69, 9.17) is 9.47 Å². The van der Waals surface area contributed by atoms with E-state index >= 15 is 0 Å². The molecule has 1 N–H and O–H groups in total. The fourth-order valence-corrected chi connectivity index (χ4v) is 3.06. The number of anilines is 1. The Morgan fingerprint density at radius 3 is 2.18 bits per heavy atom. The first-order chi connectivity index (χ1) is 13.2. The number of rotatable bonds is 9. The van der Waals surface area contributed by atoms with Crippen molar-refractivity contribution in [2.24, 2.45) is 0 Å². The molecule has 0 unspecified atom stereocenters. The van der Waals surface area contributed by atoms with Crippen LogP contribution >= 0.6 is 0 Å². The predicted molar refractivity (Wildman–Crippen MR) is 106 cm³/mol. The van der Waals surface area contributed by atoms with E-state index in [1.54, 1.807) is 7.11 Å². The van der Waals surface area contributed by atoms with Crippen LogP contribution < -0.4 is 9.46 Å². The van der Waals surface area contributed by atoms with Crippen LogP contribution in [0.5, 0.6) is 5.75 Å². The van der Waals surface area contributed by atoms with Crippen molar-refractivity contribution in [1.82, 2.24) is 0 Å². The number of methoxy groups -OCH3 is 1. The number of carbonyl (C=O) groups is 2. The highest BCUT2D eigenvalue weighted by Gasteiger charge is 2.19. The van der Waals surface area contributed by atoms with Gasteiger partial charge in [0, 0.05) is 17.7 Å². The number of ether oxygens (including phenoxy) is 2. The van der Waals surface area contributed by atoms with Gasteiger partial charge in [-0.25, -0.2) is 8.42 Å². The Morgan fingerprint density at radius 1 is 1.04 bits per heavy atom. The number of Topliss-reactive ketones (excluding diaryl/α,β-unsaturated/α-hetero) is 1. The predicted octanol–water partition coefficient (Wildman–Crippen LogP) is 2.81. The van der Waals surface area contributed by atoms with E-state index in [2.05, 4.69) is 4.72 Å². The minimum absolute atomic E-state index is 0.154. The second-order valence-corrected chi connectivity index (χ2v) is 8.04. The molecule has 0 saturated heterocycles. The first-order valence-electron chi connectivity index (χ1n) is 8.62. The van der Waals surface area contributed by atoms with E-state index in [0.29, 0.717) is 17.7 Å². The number of sulfonamides is 1. The molecule has 0 aliphatic heterocycles. The van der Waals surface area contributed by atoms with Gasteiger partial charge in [-0.2, -0.15) is 0 Å². The molecule has 0 fully saturated rings. The molecule has 0 bridgehead atoms. The van der Waals surface area contributed by atoms with Crippen molar-refractivity contribution < 1.29 is 27.5 Å². The highest BCUT2D eigenvalue weighted by Crippen LogP contribution is 2.15. The molecule has 8 heteroatoms. The number of benzene rings is 2. The zero-order valence-corrected chi connectivity index (χ0v) is 16.8. The number of aryl methyl sites for hydroxylation is 1. The molecule has 0 spiro atoms. The van der Waals surface area contributed by atoms with Crippen molar-refractivity contribution in [2.75, 3.05) is 18.1 Å². The maximum Gasteiger partial charge on any atom is 0.306 e. The van der Waals surface area contributed by atoms with Crippen molar-refractivity contribution in [3.05, 3.63) is 59.7 Å². The Hall–Kier alpha value is -2.87. The Kier molecular flexibility index (Phi) is 7.17. The molecule has 0 aliphatic rings. The van der Waals surface area contributed by atoms with Crippen LogP contribution in [0.1, 0.15) is 29.3 Å². The van der Waals surface area contributed by atoms with Gasteiger partial charge in [-0.1, -0.05) is 12.1 Å². The molecule has 2 rings (SSSR count). The zero-order chi connectivity index (χ0) is 20.7. The lowest BCUT2D eigenvalue weighted by molar-refractivity contribution is -0.146. The summed E-state index contributed by atoms with van der Waals surface area (Å²) in [5, 5.41) is 0. The van der Waals surface area contributed by atoms with E-state index < -0.39 is 22.1 Å². The van der Waals surface area contributed by atoms with Crippen LogP contribution in [-0.2, 0) is 26.0 Å². The Morgan fingerprint density at radius 2 is 1.64 bits per heavy atom. The van der Waals surface area contributed by atoms with E-state index in [1.807, 2.05) is 24.3 Å². The summed E-state index contributed by atoms with van der Waals surface area (Å²) in [7, 11) is -1.80. The largest absolute Gasteiger partial charge is 0.497 e. The highest BCUT2D eigenvalue weighted by atomic mass is 32.2. The van der Waals surface area contributed by atoms with Crippen molar-refractivity contribution in [1.29, 1.82) is 0 Å². The molecule has 28 heavy (non-hydrogen) atoms. The molecular formula is C20H23NO6S. The van der Waals surface area contributed by atoms with Crippen LogP contribution in [0.3, 0.4) is 0 Å². The lowest BCUT2D eigenvalue weighted by atomic mass is 10.1. The van der Waals surface area contributed by atoms with Gasteiger partial charge in [0.25, 0.3) is 0 Å². The van der Waals surface area contributed by atoms with Gasteiger partial charge in [0.15, 0.2) is 6.10 Å². The summed E-state index contributed by atoms with van der Waals surface area (Å²) in [4.78, 5) is 24.4. The van der Waals surface area contributed by atoms with Gasteiger partial charge in [0.1, 0.15) is 5.75 Å². The van der Waals surface area contributed by atoms with Crippen LogP contribution in [0, 0.1) is 0 Å². The maximum atomic E-state index is 12.4. The highest BCUT2D eigenvalue weighted by molar-refractivity contribution is 7.92. The average molecular weight is 405 g/mol. The SMILES string of the molecule is COc1ccc(CCC(=O)O[C@@H](C)C(=O)c2ccc(NS(C)(=O)=O)cc2)cc1. The summed E-state index contributed by atoms with van der Waals surface area (Å²) < 4.78 is 35.0. The number of hydrogen-bond donors (Lipinski definition) is 1. The fourth-order valence-electron chi connectivity index (χ4n) is 2.50. The lowest BCUT2D eigenvalue weighted by Crippen LogP contribution is -2.24. The normalized spacial score (nSPS) is 12.1. The standard InChI is InChI=1S/C20H23NO6S/c1-14(20(23)16-7-9-17(10-8-16)21-28(3,24)25)27-19(22)13-6-15-4-11-18(26-2)12-5-15/h4-5,7-12,14,21H,6,13H2,1-3H3/t14-/m0/s1. The quantitative estimate of drug-likeness (QED) is 0.509. The molecular weight excluding hydrogens is 382 g/mol. The molecule has 7 nitrogen and oxygen atoms in total. The molecule has 2 aromatic carbocycles. The van der Waals surface area contributed by atoms with Crippen molar-refractivity contribution in [3.8, 4) is 5.75 Å². The first kappa shape index (κ1) is 21.4. The van der Waals surface area contributed by atoms with Gasteiger partial charge < -0.3 is 9.47 Å². The molecule has 0 amide bonds. The number of ketones is 1. The van der Waals surface area contributed by atoms with Crippen LogP contribution in [0.2, 0.25) is 0 Å². The molecule has 0 aliphatic carbocycles. The maximum absolute atomic E-state index is 12.4. The van der Waals surface area contributed by atoms with E-state index in [9.17, 15) is 18.0 Å². The third-order valence-corrected chi connectivity index (χ3v) is 4.53. The summed E-state index contributed by atoms with van der Waals surface area (Å²) in [5.41, 5.74) is 1.64. The van der Waals surface area contributed by atoms with Crippen LogP contribution in [0.25, 0.3) is 0 Å². The molecule has 0 heterocycles. The van der Waals surface area contributed by atoms with Crippen LogP contribution in [-0.4, -0.2) is 39.6 Å². The minimum Gasteiger partial charge on any atom is -0.497 e. The fraction of sp³-hybridized carbons (Fsp3) is 0.300. The van der Waals surface area contributed by atoms with Gasteiger partial charge in [-0.15, -0.1) is 0 Å². The second-order valence-electron chi connectivity index (χ2n) is 6.30. The smallest absolute Gasteiger partial charge is 0.306 e. The summed E-state index contributed by atoms with van der Waals surface area (Å²) >= 11 is 0. The molecule has 2 aromatic rings. The Balaban J connectivity index is 1.87. The van der Waals surface area contributed by atoms with Gasteiger partial charge in [0.05, 0.1) is 13.4 Å². The number of nitrogens with one attached hydrogen (secondary N) is 1. The molecule has 0 saturated carbocycles. The van der Waals surface area contributed by atoms with Gasteiger partial charge in [-0.05, 0) is 55.3 Å². The summed E-state index contributed by atoms with van der Waals surface area (Å²) in [5.74, 6) is -0.0842. The summed E-state index contributed by atoms with van der Waals surface area (Å²) in [6.45, 7) is 1.51. The van der Waals surface area contributed by atoms with Crippen LogP contribution in [0.4, 0.5) is 5.69 Å². The van der Waals surface area contributed by atoms with Crippen molar-refractivity contribution >= 4 is 27.5 Å². The van der Waals surface area contributed by atoms with Gasteiger partial charge in [-0.3, -0.25) is 14.3 Å². The van der Waals surface area contributed by atoms with Gasteiger partial charge in [0.2, 0.25) is 15.8 Å². The van der Waals surface area contributed by atoms with Crippen molar-refractivity contribution in [3.63, 3.8) is 0 Å². The number of hydrogen-bond acceptors (Lipinski definition) is 6. The Labute approximate surface area is 164 Å². The van der Waals surface area contributed by atoms with E-state index in [0.717, 1.165) is 17.6 Å². The molecule has 0 radical (unpaired) electrons. The molecule has 1 atom stereocenters. The zero-order valence-electron chi connectivity index (χ0n) is 16.0. The number of esters is 1. The van der Waals surface area contributed by atoms with Crippen LogP contribution in [0.15, 0.2) is 48.5 Å². The first-order valence-corrected chi connectivity index (χ1v) is 10.5. The second kappa shape index (κ2) is 9.36. The van der Waals surface area contributed by atoms with Crippen molar-refractivity contribution in [2.45, 2.75) is 25.9 Å². The molecule has 150 valence electrons. The topological polar surface area (TPSA) is 98.8 Å². The lowest BCUT2D eigenvalue weighted by Gasteiger charge is -2.13. The summed E-state index contributed by atoms with van der Waals surface area (Å²) in [6.07, 6.45) is 0.758. The Bertz CT molecular complexity index is 920. The third kappa shape index (κ3) is 6.70. The van der Waals surface area contributed by atoms with E-state index in [1.165, 1.54) is 31.2 Å². The minimum atomic E-state index is -3.39. The summed E-state index contributed by atoms with van der Waals surface area (Å²) in [6, 6.07) is 13.3. The number of carbonyl (C=O) groups excluding carboxylic acids is 2. The average Bonchev–Trinajstić information content (AvgIpc) is 2.65. The monoisotopic (exact) mass is 405 g/mol. The third-order valence-electron chi connectivity index (χ3n) is 3.93. The van der Waals surface area contributed by atoms with Gasteiger partial charge >= 0.3 is 5.97 Å². The molecule has 0 aromatic heterocycles.